The maximum atomic E-state index is 12.9. The smallest absolute Gasteiger partial charge is 0.369 e. The highest BCUT2D eigenvalue weighted by molar-refractivity contribution is 7.99. The van der Waals surface area contributed by atoms with Gasteiger partial charge < -0.3 is 10.2 Å². The fourth-order valence-electron chi connectivity index (χ4n) is 2.64. The summed E-state index contributed by atoms with van der Waals surface area (Å²) >= 11 is 0.568. The van der Waals surface area contributed by atoms with Crippen molar-refractivity contribution in [2.24, 2.45) is 0 Å². The zero-order valence-electron chi connectivity index (χ0n) is 15.5. The van der Waals surface area contributed by atoms with E-state index in [1.807, 2.05) is 0 Å². The van der Waals surface area contributed by atoms with Crippen molar-refractivity contribution in [1.29, 1.82) is 0 Å². The van der Waals surface area contributed by atoms with Crippen LogP contribution in [0.1, 0.15) is 11.1 Å². The molecule has 0 aliphatic carbocycles. The fourth-order valence-corrected chi connectivity index (χ4v) is 3.46. The molecule has 0 unspecified atom stereocenters. The third-order valence-corrected chi connectivity index (χ3v) is 5.44. The minimum absolute atomic E-state index is 0.0555. The second-order valence-corrected chi connectivity index (χ2v) is 7.71. The van der Waals surface area contributed by atoms with Gasteiger partial charge in [-0.15, -0.1) is 0 Å². The van der Waals surface area contributed by atoms with Crippen LogP contribution in [0, 0.1) is 0 Å². The van der Waals surface area contributed by atoms with Crippen molar-refractivity contribution < 1.29 is 62.9 Å². The maximum absolute atomic E-state index is 12.9. The molecule has 0 aliphatic rings. The van der Waals surface area contributed by atoms with Crippen molar-refractivity contribution in [2.75, 3.05) is 0 Å². The molecule has 2 rings (SSSR count). The van der Waals surface area contributed by atoms with Crippen LogP contribution in [-0.4, -0.2) is 34.9 Å². The van der Waals surface area contributed by atoms with Gasteiger partial charge in [0.2, 0.25) is 0 Å². The van der Waals surface area contributed by atoms with Crippen molar-refractivity contribution in [3.8, 4) is 0 Å². The van der Waals surface area contributed by atoms with E-state index in [2.05, 4.69) is 0 Å². The molecule has 0 bridgehead atoms. The largest absolute Gasteiger partial charge is 0.430 e. The second kappa shape index (κ2) is 8.27. The van der Waals surface area contributed by atoms with Crippen molar-refractivity contribution in [1.82, 2.24) is 0 Å². The molecular formula is C18H10F12O2S. The summed E-state index contributed by atoms with van der Waals surface area (Å²) < 4.78 is 155. The molecule has 0 fully saturated rings. The van der Waals surface area contributed by atoms with Crippen LogP contribution < -0.4 is 0 Å². The Morgan fingerprint density at radius 1 is 0.424 bits per heavy atom. The molecule has 2 N–H and O–H groups in total. The van der Waals surface area contributed by atoms with E-state index in [1.54, 1.807) is 0 Å². The van der Waals surface area contributed by atoms with Gasteiger partial charge in [0.05, 0.1) is 0 Å². The first-order chi connectivity index (χ1) is 14.7. The number of benzene rings is 2. The Bertz CT molecular complexity index is 849. The first-order valence-electron chi connectivity index (χ1n) is 8.27. The summed E-state index contributed by atoms with van der Waals surface area (Å²) in [5, 5.41) is 18.6. The number of alkyl halides is 12. The Hall–Kier alpha value is -2.13. The van der Waals surface area contributed by atoms with Gasteiger partial charge in [-0.1, -0.05) is 36.0 Å². The molecular weight excluding hydrogens is 508 g/mol. The van der Waals surface area contributed by atoms with Gasteiger partial charge in [0.25, 0.3) is 11.2 Å². The van der Waals surface area contributed by atoms with Crippen LogP contribution in [0.3, 0.4) is 0 Å². The fraction of sp³-hybridized carbons (Fsp3) is 0.333. The van der Waals surface area contributed by atoms with Gasteiger partial charge in [0, 0.05) is 20.9 Å². The first-order valence-corrected chi connectivity index (χ1v) is 9.08. The van der Waals surface area contributed by atoms with E-state index in [9.17, 15) is 62.9 Å². The standard InChI is InChI=1S/C18H10F12O2S/c19-15(20,21)13(31,16(22,23)24)9-1-5-11(6-2-9)33-12-7-3-10(4-8-12)14(32,17(25,26)27)18(28,29)30/h1-8,31-32H. The van der Waals surface area contributed by atoms with E-state index >= 15 is 0 Å². The molecule has 15 heteroatoms. The van der Waals surface area contributed by atoms with Crippen LogP contribution in [0.5, 0.6) is 0 Å². The molecule has 0 atom stereocenters. The number of halogens is 12. The molecule has 33 heavy (non-hydrogen) atoms. The predicted octanol–water partition coefficient (Wildman–Crippen LogP) is 6.46. The van der Waals surface area contributed by atoms with E-state index < -0.39 is 47.0 Å². The summed E-state index contributed by atoms with van der Waals surface area (Å²) in [5.41, 5.74) is -13.4. The Labute approximate surface area is 180 Å². The molecule has 0 aliphatic heterocycles. The highest BCUT2D eigenvalue weighted by atomic mass is 32.2. The van der Waals surface area contributed by atoms with Gasteiger partial charge in [0.1, 0.15) is 0 Å². The lowest BCUT2D eigenvalue weighted by Gasteiger charge is -2.32. The lowest BCUT2D eigenvalue weighted by Crippen LogP contribution is -2.53. The molecule has 0 spiro atoms. The minimum Gasteiger partial charge on any atom is -0.369 e. The summed E-state index contributed by atoms with van der Waals surface area (Å²) in [6.45, 7) is 0. The molecule has 0 heterocycles. The minimum atomic E-state index is -6.11. The lowest BCUT2D eigenvalue weighted by molar-refractivity contribution is -0.376. The van der Waals surface area contributed by atoms with Gasteiger partial charge in [-0.05, 0) is 24.3 Å². The van der Waals surface area contributed by atoms with Gasteiger partial charge in [0.15, 0.2) is 0 Å². The first kappa shape index (κ1) is 27.1. The van der Waals surface area contributed by atoms with Crippen molar-refractivity contribution in [3.63, 3.8) is 0 Å². The molecule has 0 saturated carbocycles. The molecule has 0 radical (unpaired) electrons. The Morgan fingerprint density at radius 2 is 0.636 bits per heavy atom. The lowest BCUT2D eigenvalue weighted by atomic mass is 9.92. The summed E-state index contributed by atoms with van der Waals surface area (Å²) in [4.78, 5) is -0.111. The normalized spacial score (nSPS) is 14.5. The highest BCUT2D eigenvalue weighted by Gasteiger charge is 2.72. The average Bonchev–Trinajstić information content (AvgIpc) is 2.64. The summed E-state index contributed by atoms with van der Waals surface area (Å²) in [6, 6.07) is 4.23. The van der Waals surface area contributed by atoms with E-state index in [-0.39, 0.29) is 9.79 Å². The van der Waals surface area contributed by atoms with Crippen LogP contribution in [0.2, 0.25) is 0 Å². The van der Waals surface area contributed by atoms with Gasteiger partial charge in [-0.2, -0.15) is 52.7 Å². The topological polar surface area (TPSA) is 40.5 Å². The Balaban J connectivity index is 2.34. The predicted molar refractivity (Wildman–Crippen MR) is 89.0 cm³/mol. The Kier molecular flexibility index (Phi) is 6.79. The van der Waals surface area contributed by atoms with E-state index in [0.29, 0.717) is 36.0 Å². The third-order valence-electron chi connectivity index (χ3n) is 4.42. The second-order valence-electron chi connectivity index (χ2n) is 6.56. The van der Waals surface area contributed by atoms with Crippen LogP contribution in [0.4, 0.5) is 52.7 Å². The number of hydrogen-bond donors (Lipinski definition) is 2. The molecule has 184 valence electrons. The number of rotatable bonds is 4. The molecule has 0 saturated heterocycles. The molecule has 0 aromatic heterocycles. The highest BCUT2D eigenvalue weighted by Crippen LogP contribution is 2.51. The van der Waals surface area contributed by atoms with E-state index in [1.165, 1.54) is 0 Å². The zero-order chi connectivity index (χ0) is 25.7. The van der Waals surface area contributed by atoms with Crippen LogP contribution >= 0.6 is 11.8 Å². The van der Waals surface area contributed by atoms with Crippen molar-refractivity contribution in [3.05, 3.63) is 59.7 Å². The summed E-state index contributed by atoms with van der Waals surface area (Å²) in [6.07, 6.45) is -24.4. The number of aliphatic hydroxyl groups is 2. The van der Waals surface area contributed by atoms with Gasteiger partial charge in [-0.3, -0.25) is 0 Å². The molecule has 2 aromatic carbocycles. The average molecular weight is 518 g/mol. The molecule has 0 amide bonds. The molecule has 2 aromatic rings. The SMILES string of the molecule is OC(c1ccc(Sc2ccc(C(O)(C(F)(F)F)C(F)(F)F)cc2)cc1)(C(F)(F)F)C(F)(F)F. The van der Waals surface area contributed by atoms with Crippen molar-refractivity contribution >= 4 is 11.8 Å². The van der Waals surface area contributed by atoms with Crippen LogP contribution in [0.25, 0.3) is 0 Å². The Morgan fingerprint density at radius 3 is 0.818 bits per heavy atom. The van der Waals surface area contributed by atoms with Crippen molar-refractivity contribution in [2.45, 2.75) is 45.7 Å². The maximum Gasteiger partial charge on any atom is 0.430 e. The molecule has 2 nitrogen and oxygen atoms in total. The number of hydrogen-bond acceptors (Lipinski definition) is 3. The van der Waals surface area contributed by atoms with E-state index in [0.717, 1.165) is 24.3 Å². The van der Waals surface area contributed by atoms with E-state index in [4.69, 9.17) is 0 Å². The quantitative estimate of drug-likeness (QED) is 0.457. The van der Waals surface area contributed by atoms with Crippen LogP contribution in [0.15, 0.2) is 58.3 Å². The van der Waals surface area contributed by atoms with Gasteiger partial charge >= 0.3 is 24.7 Å². The van der Waals surface area contributed by atoms with Gasteiger partial charge in [-0.25, -0.2) is 0 Å². The summed E-state index contributed by atoms with van der Waals surface area (Å²) in [5.74, 6) is 0. The monoisotopic (exact) mass is 518 g/mol. The zero-order valence-corrected chi connectivity index (χ0v) is 16.3. The van der Waals surface area contributed by atoms with Crippen LogP contribution in [-0.2, 0) is 11.2 Å². The summed E-state index contributed by atoms with van der Waals surface area (Å²) in [7, 11) is 0. The third kappa shape index (κ3) is 4.75.